The maximum Gasteiger partial charge on any atom is 2.00 e. The van der Waals surface area contributed by atoms with Crippen LogP contribution in [0.4, 0.5) is 0 Å². The molecule has 2 radical (unpaired) electrons. The van der Waals surface area contributed by atoms with Gasteiger partial charge in [0.2, 0.25) is 0 Å². The van der Waals surface area contributed by atoms with E-state index in [1.807, 2.05) is 36.4 Å². The van der Waals surface area contributed by atoms with Gasteiger partial charge in [-0.15, -0.1) is 0 Å². The van der Waals surface area contributed by atoms with Gasteiger partial charge in [-0.05, 0) is 23.7 Å². The first kappa shape index (κ1) is 20.4. The van der Waals surface area contributed by atoms with E-state index in [1.165, 1.54) is 0 Å². The summed E-state index contributed by atoms with van der Waals surface area (Å²) in [6, 6.07) is 18.2. The molecule has 128 valence electrons. The standard InChI is InChI=1S/2C12H6O.Fe/c2*13-12(11-8-4-5-9-11)10-6-2-1-3-7-10;/h2*1-3,6-7,11H;/q2*-1;+2. The summed E-state index contributed by atoms with van der Waals surface area (Å²) < 4.78 is 0. The van der Waals surface area contributed by atoms with Gasteiger partial charge in [-0.1, -0.05) is 108 Å². The maximum atomic E-state index is 11.6. The fourth-order valence-electron chi connectivity index (χ4n) is 2.31. The molecule has 0 unspecified atom stereocenters. The molecule has 0 heterocycles. The van der Waals surface area contributed by atoms with E-state index in [4.69, 9.17) is 0 Å². The van der Waals surface area contributed by atoms with E-state index < -0.39 is 11.8 Å². The summed E-state index contributed by atoms with van der Waals surface area (Å²) in [5.41, 5.74) is 1.36. The van der Waals surface area contributed by atoms with Crippen LogP contribution >= 0.6 is 0 Å². The van der Waals surface area contributed by atoms with Crippen LogP contribution in [0.25, 0.3) is 0 Å². The van der Waals surface area contributed by atoms with Gasteiger partial charge in [0.15, 0.2) is 0 Å². The summed E-state index contributed by atoms with van der Waals surface area (Å²) >= 11 is 0. The molecule has 0 saturated heterocycles. The van der Waals surface area contributed by atoms with Crippen LogP contribution in [0.1, 0.15) is 11.1 Å². The summed E-state index contributed by atoms with van der Waals surface area (Å²) in [6.07, 6.45) is -0.00352. The fourth-order valence-corrected chi connectivity index (χ4v) is 2.31. The zero-order chi connectivity index (χ0) is 18.2. The van der Waals surface area contributed by atoms with Gasteiger partial charge in [-0.25, -0.2) is 0 Å². The topological polar surface area (TPSA) is 46.1 Å². The first-order valence-corrected chi connectivity index (χ1v) is 7.96. The van der Waals surface area contributed by atoms with Gasteiger partial charge in [0.1, 0.15) is 0 Å². The van der Waals surface area contributed by atoms with Gasteiger partial charge in [-0.3, -0.25) is 0 Å². The van der Waals surface area contributed by atoms with E-state index in [9.17, 15) is 10.2 Å². The fraction of sp³-hybridized carbons (Fsp3) is 0.0833. The van der Waals surface area contributed by atoms with Gasteiger partial charge >= 0.3 is 17.1 Å². The molecule has 2 aliphatic carbocycles. The van der Waals surface area contributed by atoms with Crippen molar-refractivity contribution >= 4 is 0 Å². The Bertz CT molecular complexity index is 874. The molecule has 0 N–H and O–H groups in total. The predicted octanol–water partition coefficient (Wildman–Crippen LogP) is 1.12. The van der Waals surface area contributed by atoms with Crippen LogP contribution in [0.5, 0.6) is 0 Å². The molecule has 3 heteroatoms. The quantitative estimate of drug-likeness (QED) is 0.583. The minimum absolute atomic E-state index is 0. The molecule has 2 aromatic carbocycles. The van der Waals surface area contributed by atoms with Gasteiger partial charge < -0.3 is 10.2 Å². The number of hydrogen-bond acceptors (Lipinski definition) is 2. The number of rotatable bonds is 4. The molecule has 0 aromatic heterocycles. The largest absolute Gasteiger partial charge is 2.00 e. The second kappa shape index (κ2) is 10.3. The average Bonchev–Trinajstić information content (AvgIpc) is 3.43. The monoisotopic (exact) mass is 388 g/mol. The molecule has 2 aromatic rings. The maximum absolute atomic E-state index is 11.6. The van der Waals surface area contributed by atoms with Crippen molar-refractivity contribution in [3.05, 3.63) is 84.0 Å². The molecule has 0 aliphatic heterocycles. The Balaban J connectivity index is 0.000000187. The molecule has 27 heavy (non-hydrogen) atoms. The van der Waals surface area contributed by atoms with E-state index in [0.29, 0.717) is 11.1 Å². The van der Waals surface area contributed by atoms with Gasteiger partial charge in [0.05, 0.1) is 11.8 Å². The van der Waals surface area contributed by atoms with Crippen molar-refractivity contribution in [3.63, 3.8) is 0 Å². The Labute approximate surface area is 170 Å². The SMILES string of the molecule is [Fe+2].[O-][C](c1ccccc1)C1C#CC#C1.[O-][C](c1ccccc1)C1C#CC#C1. The zero-order valence-corrected chi connectivity index (χ0v) is 15.2. The molecule has 0 fully saturated rings. The first-order valence-electron chi connectivity index (χ1n) is 7.96. The van der Waals surface area contributed by atoms with Gasteiger partial charge in [-0.2, -0.15) is 0 Å². The van der Waals surface area contributed by atoms with Crippen LogP contribution in [0.2, 0.25) is 0 Å². The van der Waals surface area contributed by atoms with Crippen LogP contribution in [0, 0.1) is 71.4 Å². The molecule has 2 nitrogen and oxygen atoms in total. The molecule has 0 atom stereocenters. The van der Waals surface area contributed by atoms with Crippen molar-refractivity contribution in [2.45, 2.75) is 0 Å². The van der Waals surface area contributed by atoms with Gasteiger partial charge in [0, 0.05) is 0 Å². The van der Waals surface area contributed by atoms with Crippen LogP contribution in [0.15, 0.2) is 60.7 Å². The molecule has 4 rings (SSSR count). The third-order valence-corrected chi connectivity index (χ3v) is 3.63. The van der Waals surface area contributed by atoms with Crippen molar-refractivity contribution in [1.29, 1.82) is 0 Å². The van der Waals surface area contributed by atoms with E-state index in [2.05, 4.69) is 47.4 Å². The van der Waals surface area contributed by atoms with Crippen molar-refractivity contribution in [2.24, 2.45) is 11.8 Å². The smallest absolute Gasteiger partial charge is 0.845 e. The third-order valence-electron chi connectivity index (χ3n) is 3.63. The Morgan fingerprint density at radius 3 is 1.15 bits per heavy atom. The second-order valence-electron chi connectivity index (χ2n) is 5.40. The minimum atomic E-state index is -0.414. The van der Waals surface area contributed by atoms with Crippen molar-refractivity contribution in [3.8, 4) is 47.4 Å². The first-order chi connectivity index (χ1) is 12.8. The molecular weight excluding hydrogens is 376 g/mol. The van der Waals surface area contributed by atoms with E-state index in [-0.39, 0.29) is 29.3 Å². The Morgan fingerprint density at radius 1 is 0.556 bits per heavy atom. The van der Waals surface area contributed by atoms with Crippen molar-refractivity contribution in [2.75, 3.05) is 0 Å². The zero-order valence-electron chi connectivity index (χ0n) is 14.1. The Hall–Kier alpha value is -2.88. The van der Waals surface area contributed by atoms with Crippen LogP contribution in [0.3, 0.4) is 0 Å². The molecule has 0 spiro atoms. The predicted molar refractivity (Wildman–Crippen MR) is 95.7 cm³/mol. The molecule has 0 saturated carbocycles. The third kappa shape index (κ3) is 5.55. The van der Waals surface area contributed by atoms with E-state index >= 15 is 0 Å². The Kier molecular flexibility index (Phi) is 7.80. The minimum Gasteiger partial charge on any atom is -0.845 e. The average molecular weight is 388 g/mol. The summed E-state index contributed by atoms with van der Waals surface area (Å²) in [4.78, 5) is 0. The molecule has 0 bridgehead atoms. The summed E-state index contributed by atoms with van der Waals surface area (Å²) in [6.45, 7) is 0. The molecular formula is C24H12FeO2. The Morgan fingerprint density at radius 2 is 0.852 bits per heavy atom. The number of hydrogen-bond donors (Lipinski definition) is 0. The summed E-state index contributed by atoms with van der Waals surface area (Å²) in [7, 11) is 0. The second-order valence-corrected chi connectivity index (χ2v) is 5.40. The summed E-state index contributed by atoms with van der Waals surface area (Å²) in [5, 5.41) is 23.3. The van der Waals surface area contributed by atoms with Crippen LogP contribution in [-0.4, -0.2) is 0 Å². The van der Waals surface area contributed by atoms with Crippen molar-refractivity contribution in [1.82, 2.24) is 0 Å². The van der Waals surface area contributed by atoms with Crippen molar-refractivity contribution < 1.29 is 27.3 Å². The normalized spacial score (nSPS) is 12.9. The molecule has 0 amide bonds. The molecule has 2 aliphatic rings. The van der Waals surface area contributed by atoms with E-state index in [0.717, 1.165) is 0 Å². The van der Waals surface area contributed by atoms with Gasteiger partial charge in [0.25, 0.3) is 0 Å². The number of benzene rings is 2. The van der Waals surface area contributed by atoms with E-state index in [1.54, 1.807) is 24.3 Å². The summed E-state index contributed by atoms with van der Waals surface area (Å²) in [5.74, 6) is 20.5. The van der Waals surface area contributed by atoms with Crippen LogP contribution < -0.4 is 10.2 Å². The van der Waals surface area contributed by atoms with Crippen LogP contribution in [-0.2, 0) is 17.1 Å².